The summed E-state index contributed by atoms with van der Waals surface area (Å²) in [6, 6.07) is 12.6. The van der Waals surface area contributed by atoms with Gasteiger partial charge in [0.05, 0.1) is 23.0 Å². The fourth-order valence-corrected chi connectivity index (χ4v) is 4.61. The first-order chi connectivity index (χ1) is 17.3. The molecule has 4 rings (SSSR count). The third-order valence-corrected chi connectivity index (χ3v) is 6.58. The number of hydrogen-bond acceptors (Lipinski definition) is 8. The summed E-state index contributed by atoms with van der Waals surface area (Å²) in [5, 5.41) is 11.1. The molecular formula is C24H17Cl2N3O6S. The van der Waals surface area contributed by atoms with E-state index >= 15 is 0 Å². The molecular weight excluding hydrogens is 529 g/mol. The SMILES string of the molecule is CCOc1cc(/C=C2\SC(=O)N(Cc3c(Cl)cccc3Cl)C2=O)ccc1Oc1ccc([N+](=O)[O-])cn1. The van der Waals surface area contributed by atoms with Crippen molar-refractivity contribution in [3.63, 3.8) is 0 Å². The van der Waals surface area contributed by atoms with Crippen molar-refractivity contribution in [2.24, 2.45) is 0 Å². The zero-order valence-corrected chi connectivity index (χ0v) is 21.0. The molecule has 0 spiro atoms. The number of halogens is 2. The number of aromatic nitrogens is 1. The Labute approximate surface area is 219 Å². The topological polar surface area (TPSA) is 112 Å². The molecule has 0 atom stereocenters. The van der Waals surface area contributed by atoms with Gasteiger partial charge in [0.2, 0.25) is 5.88 Å². The van der Waals surface area contributed by atoms with Crippen molar-refractivity contribution in [3.05, 3.63) is 90.9 Å². The van der Waals surface area contributed by atoms with E-state index in [4.69, 9.17) is 32.7 Å². The summed E-state index contributed by atoms with van der Waals surface area (Å²) < 4.78 is 11.4. The molecule has 0 saturated carbocycles. The van der Waals surface area contributed by atoms with Crippen LogP contribution < -0.4 is 9.47 Å². The number of pyridine rings is 1. The maximum atomic E-state index is 13.0. The van der Waals surface area contributed by atoms with Crippen molar-refractivity contribution in [1.29, 1.82) is 0 Å². The molecule has 2 heterocycles. The second-order valence-electron chi connectivity index (χ2n) is 7.32. The maximum Gasteiger partial charge on any atom is 0.293 e. The first-order valence-corrected chi connectivity index (χ1v) is 12.1. The number of rotatable bonds is 8. The molecule has 0 aliphatic carbocycles. The largest absolute Gasteiger partial charge is 0.490 e. The molecule has 0 radical (unpaired) electrons. The van der Waals surface area contributed by atoms with Crippen LogP contribution in [0.15, 0.2) is 59.6 Å². The summed E-state index contributed by atoms with van der Waals surface area (Å²) in [6.07, 6.45) is 2.67. The second kappa shape index (κ2) is 11.0. The minimum absolute atomic E-state index is 0.0419. The molecule has 1 aliphatic heterocycles. The normalized spacial score (nSPS) is 14.4. The highest BCUT2D eigenvalue weighted by Crippen LogP contribution is 2.37. The van der Waals surface area contributed by atoms with E-state index in [1.165, 1.54) is 12.1 Å². The predicted octanol–water partition coefficient (Wildman–Crippen LogP) is 6.72. The number of carbonyl (C=O) groups is 2. The van der Waals surface area contributed by atoms with Crippen molar-refractivity contribution in [3.8, 4) is 17.4 Å². The van der Waals surface area contributed by atoms with Crippen LogP contribution in [0.2, 0.25) is 10.0 Å². The number of hydrogen-bond donors (Lipinski definition) is 0. The van der Waals surface area contributed by atoms with Gasteiger partial charge >= 0.3 is 0 Å². The van der Waals surface area contributed by atoms with Crippen molar-refractivity contribution in [1.82, 2.24) is 9.88 Å². The van der Waals surface area contributed by atoms with Gasteiger partial charge in [0, 0.05) is 27.7 Å². The zero-order chi connectivity index (χ0) is 25.8. The molecule has 3 aromatic rings. The smallest absolute Gasteiger partial charge is 0.293 e. The molecule has 2 aromatic carbocycles. The number of carbonyl (C=O) groups excluding carboxylic acids is 2. The number of benzene rings is 2. The molecule has 2 amide bonds. The van der Waals surface area contributed by atoms with Crippen LogP contribution in [0.3, 0.4) is 0 Å². The van der Waals surface area contributed by atoms with Gasteiger partial charge in [0.1, 0.15) is 6.20 Å². The summed E-state index contributed by atoms with van der Waals surface area (Å²) in [6.45, 7) is 2.09. The summed E-state index contributed by atoms with van der Waals surface area (Å²) in [5.74, 6) is 0.383. The highest BCUT2D eigenvalue weighted by atomic mass is 35.5. The lowest BCUT2D eigenvalue weighted by Gasteiger charge is -2.14. The minimum Gasteiger partial charge on any atom is -0.490 e. The number of imide groups is 1. The number of ether oxygens (including phenoxy) is 2. The van der Waals surface area contributed by atoms with E-state index in [1.807, 2.05) is 0 Å². The summed E-state index contributed by atoms with van der Waals surface area (Å²) in [5.41, 5.74) is 0.932. The van der Waals surface area contributed by atoms with E-state index in [2.05, 4.69) is 4.98 Å². The molecule has 1 aliphatic rings. The third-order valence-electron chi connectivity index (χ3n) is 4.96. The Hall–Kier alpha value is -3.60. The predicted molar refractivity (Wildman–Crippen MR) is 137 cm³/mol. The third kappa shape index (κ3) is 5.62. The van der Waals surface area contributed by atoms with Crippen LogP contribution in [0.25, 0.3) is 6.08 Å². The molecule has 184 valence electrons. The van der Waals surface area contributed by atoms with Crippen LogP contribution >= 0.6 is 35.0 Å². The molecule has 36 heavy (non-hydrogen) atoms. The van der Waals surface area contributed by atoms with E-state index in [-0.39, 0.29) is 23.0 Å². The van der Waals surface area contributed by atoms with E-state index in [9.17, 15) is 19.7 Å². The van der Waals surface area contributed by atoms with Crippen molar-refractivity contribution in [2.45, 2.75) is 13.5 Å². The molecule has 9 nitrogen and oxygen atoms in total. The van der Waals surface area contributed by atoms with Gasteiger partial charge in [0.25, 0.3) is 16.8 Å². The van der Waals surface area contributed by atoms with Crippen LogP contribution in [0, 0.1) is 10.1 Å². The van der Waals surface area contributed by atoms with E-state index in [0.29, 0.717) is 39.3 Å². The molecule has 1 fully saturated rings. The number of thioether (sulfide) groups is 1. The van der Waals surface area contributed by atoms with Crippen molar-refractivity contribution < 1.29 is 24.0 Å². The minimum atomic E-state index is -0.554. The second-order valence-corrected chi connectivity index (χ2v) is 9.13. The molecule has 12 heteroatoms. The summed E-state index contributed by atoms with van der Waals surface area (Å²) in [4.78, 5) is 41.0. The lowest BCUT2D eigenvalue weighted by atomic mass is 10.1. The summed E-state index contributed by atoms with van der Waals surface area (Å²) >= 11 is 13.2. The highest BCUT2D eigenvalue weighted by Gasteiger charge is 2.35. The zero-order valence-electron chi connectivity index (χ0n) is 18.6. The molecule has 1 aromatic heterocycles. The van der Waals surface area contributed by atoms with Gasteiger partial charge in [-0.3, -0.25) is 24.6 Å². The highest BCUT2D eigenvalue weighted by molar-refractivity contribution is 8.18. The number of nitro groups is 1. The van der Waals surface area contributed by atoms with Crippen molar-refractivity contribution in [2.75, 3.05) is 6.61 Å². The van der Waals surface area contributed by atoms with Gasteiger partial charge in [-0.15, -0.1) is 0 Å². The summed E-state index contributed by atoms with van der Waals surface area (Å²) in [7, 11) is 0. The van der Waals surface area contributed by atoms with Gasteiger partial charge in [-0.05, 0) is 54.6 Å². The van der Waals surface area contributed by atoms with E-state index in [0.717, 1.165) is 22.9 Å². The number of nitrogens with zero attached hydrogens (tertiary/aromatic N) is 3. The first kappa shape index (κ1) is 25.5. The lowest BCUT2D eigenvalue weighted by Crippen LogP contribution is -2.27. The van der Waals surface area contributed by atoms with Gasteiger partial charge in [-0.1, -0.05) is 35.3 Å². The Morgan fingerprint density at radius 2 is 1.86 bits per heavy atom. The Balaban J connectivity index is 1.55. The molecule has 0 unspecified atom stereocenters. The Kier molecular flexibility index (Phi) is 7.78. The standard InChI is InChI=1S/C24H17Cl2N3O6S/c1-2-34-20-10-14(6-8-19(20)35-22-9-7-15(12-27-22)29(32)33)11-21-23(30)28(24(31)36-21)13-16-17(25)4-3-5-18(16)26/h3-12H,2,13H2,1H3/b21-11-. The van der Waals surface area contributed by atoms with Crippen LogP contribution in [-0.2, 0) is 11.3 Å². The van der Waals surface area contributed by atoms with E-state index < -0.39 is 16.1 Å². The first-order valence-electron chi connectivity index (χ1n) is 10.5. The van der Waals surface area contributed by atoms with Crippen LogP contribution in [-0.4, -0.2) is 32.6 Å². The average Bonchev–Trinajstić information content (AvgIpc) is 3.10. The Morgan fingerprint density at radius 1 is 1.11 bits per heavy atom. The fraction of sp³-hybridized carbons (Fsp3) is 0.125. The quantitative estimate of drug-likeness (QED) is 0.174. The fourth-order valence-electron chi connectivity index (χ4n) is 3.25. The monoisotopic (exact) mass is 545 g/mol. The molecule has 0 N–H and O–H groups in total. The maximum absolute atomic E-state index is 13.0. The molecule has 0 bridgehead atoms. The Bertz CT molecular complexity index is 1360. The van der Waals surface area contributed by atoms with Crippen LogP contribution in [0.5, 0.6) is 17.4 Å². The van der Waals surface area contributed by atoms with Gasteiger partial charge in [-0.25, -0.2) is 4.98 Å². The lowest BCUT2D eigenvalue weighted by molar-refractivity contribution is -0.385. The van der Waals surface area contributed by atoms with Crippen molar-refractivity contribution >= 4 is 57.9 Å². The average molecular weight is 546 g/mol. The van der Waals surface area contributed by atoms with Gasteiger partial charge in [-0.2, -0.15) is 0 Å². The van der Waals surface area contributed by atoms with E-state index in [1.54, 1.807) is 49.4 Å². The molecule has 1 saturated heterocycles. The van der Waals surface area contributed by atoms with Crippen LogP contribution in [0.1, 0.15) is 18.1 Å². The van der Waals surface area contributed by atoms with Crippen LogP contribution in [0.4, 0.5) is 10.5 Å². The Morgan fingerprint density at radius 3 is 2.50 bits per heavy atom. The van der Waals surface area contributed by atoms with Gasteiger partial charge in [0.15, 0.2) is 11.5 Å². The van der Waals surface area contributed by atoms with Gasteiger partial charge < -0.3 is 9.47 Å². The number of amides is 2.